The summed E-state index contributed by atoms with van der Waals surface area (Å²) in [7, 11) is 1.60. The summed E-state index contributed by atoms with van der Waals surface area (Å²) < 4.78 is 27.0. The molecule has 0 saturated carbocycles. The number of pyridine rings is 1. The zero-order valence-electron chi connectivity index (χ0n) is 26.0. The molecule has 0 spiro atoms. The van der Waals surface area contributed by atoms with Crippen LogP contribution < -0.4 is 25.0 Å². The number of halogens is 1. The van der Waals surface area contributed by atoms with Gasteiger partial charge in [0.2, 0.25) is 5.91 Å². The molecule has 2 aliphatic rings. The number of rotatable bonds is 9. The molecule has 2 aromatic carbocycles. The maximum Gasteiger partial charge on any atom is 0.245 e. The first kappa shape index (κ1) is 31.0. The van der Waals surface area contributed by atoms with Gasteiger partial charge in [-0.05, 0) is 62.9 Å². The molecule has 46 heavy (non-hydrogen) atoms. The Morgan fingerprint density at radius 3 is 2.63 bits per heavy atom. The number of hydrogen-bond donors (Lipinski definition) is 3. The summed E-state index contributed by atoms with van der Waals surface area (Å²) in [6, 6.07) is 12.0. The van der Waals surface area contributed by atoms with Gasteiger partial charge >= 0.3 is 0 Å². The second kappa shape index (κ2) is 13.2. The number of carbonyl (C=O) groups excluding carboxylic acids is 1. The smallest absolute Gasteiger partial charge is 0.245 e. The van der Waals surface area contributed by atoms with Crippen molar-refractivity contribution in [2.75, 3.05) is 48.8 Å². The number of β-amino-alcohol motifs (C(OH)–C–C–N with tert-alkyl or cyclic N) is 1. The van der Waals surface area contributed by atoms with Crippen molar-refractivity contribution >= 4 is 39.8 Å². The second-order valence-corrected chi connectivity index (χ2v) is 12.0. The molecule has 11 nitrogen and oxygen atoms in total. The minimum atomic E-state index is -0.770. The molecule has 2 saturated heterocycles. The van der Waals surface area contributed by atoms with E-state index >= 15 is 4.39 Å². The number of likely N-dealkylation sites (tertiary alicyclic amines) is 1. The molecule has 240 valence electrons. The van der Waals surface area contributed by atoms with E-state index in [4.69, 9.17) is 9.47 Å². The molecule has 4 heterocycles. The Balaban J connectivity index is 1.18. The maximum atomic E-state index is 15.4. The minimum absolute atomic E-state index is 0.0585. The summed E-state index contributed by atoms with van der Waals surface area (Å²) >= 11 is 0. The third-order valence-electron chi connectivity index (χ3n) is 8.44. The van der Waals surface area contributed by atoms with E-state index in [1.165, 1.54) is 18.5 Å². The van der Waals surface area contributed by atoms with E-state index < -0.39 is 11.4 Å². The number of benzene rings is 2. The molecule has 2 aromatic heterocycles. The Kier molecular flexibility index (Phi) is 8.89. The van der Waals surface area contributed by atoms with Crippen molar-refractivity contribution in [1.82, 2.24) is 19.9 Å². The topological polar surface area (TPSA) is 125 Å². The summed E-state index contributed by atoms with van der Waals surface area (Å²) in [5.41, 5.74) is 0.849. The lowest BCUT2D eigenvalue weighted by atomic mass is 9.95. The molecule has 1 atom stereocenters. The van der Waals surface area contributed by atoms with Gasteiger partial charge in [-0.2, -0.15) is 0 Å². The van der Waals surface area contributed by atoms with E-state index in [-0.39, 0.29) is 17.6 Å². The van der Waals surface area contributed by atoms with Gasteiger partial charge in [0.15, 0.2) is 0 Å². The van der Waals surface area contributed by atoms with Crippen molar-refractivity contribution in [2.45, 2.75) is 44.2 Å². The van der Waals surface area contributed by atoms with Gasteiger partial charge in [-0.15, -0.1) is 0 Å². The summed E-state index contributed by atoms with van der Waals surface area (Å²) in [5, 5.41) is 17.8. The van der Waals surface area contributed by atoms with Gasteiger partial charge in [0, 0.05) is 62.0 Å². The number of anilines is 4. The van der Waals surface area contributed by atoms with Crippen LogP contribution in [-0.2, 0) is 4.79 Å². The number of hydrogen-bond acceptors (Lipinski definition) is 10. The Morgan fingerprint density at radius 1 is 1.09 bits per heavy atom. The van der Waals surface area contributed by atoms with E-state index in [0.29, 0.717) is 59.4 Å². The van der Waals surface area contributed by atoms with Gasteiger partial charge in [0.1, 0.15) is 41.0 Å². The van der Waals surface area contributed by atoms with Crippen LogP contribution in [0.2, 0.25) is 0 Å². The number of amides is 1. The summed E-state index contributed by atoms with van der Waals surface area (Å²) in [6.45, 7) is 7.96. The highest BCUT2D eigenvalue weighted by Gasteiger charge is 2.29. The highest BCUT2D eigenvalue weighted by Crippen LogP contribution is 2.36. The van der Waals surface area contributed by atoms with E-state index in [0.717, 1.165) is 37.9 Å². The molecule has 12 heteroatoms. The van der Waals surface area contributed by atoms with Crippen molar-refractivity contribution in [1.29, 1.82) is 0 Å². The molecular weight excluding hydrogens is 589 g/mol. The molecule has 1 amide bonds. The van der Waals surface area contributed by atoms with Crippen molar-refractivity contribution < 1.29 is 23.8 Å². The Morgan fingerprint density at radius 2 is 1.89 bits per heavy atom. The number of ether oxygens (including phenoxy) is 2. The fourth-order valence-corrected chi connectivity index (χ4v) is 6.03. The maximum absolute atomic E-state index is 15.4. The first-order valence-electron chi connectivity index (χ1n) is 15.4. The van der Waals surface area contributed by atoms with Crippen molar-refractivity contribution in [3.8, 4) is 17.2 Å². The van der Waals surface area contributed by atoms with Crippen LogP contribution in [-0.4, -0.2) is 75.8 Å². The molecule has 0 radical (unpaired) electrons. The number of aliphatic hydroxyl groups is 1. The van der Waals surface area contributed by atoms with Crippen LogP contribution in [0.25, 0.3) is 10.9 Å². The Bertz CT molecular complexity index is 1740. The average molecular weight is 628 g/mol. The van der Waals surface area contributed by atoms with Crippen molar-refractivity contribution in [3.63, 3.8) is 0 Å². The standard InChI is InChI=1S/C34H38FN7O4/c1-4-32(43)41-14-9-22(10-15-41)39-29-18-25-28(19-30(29)45-3)37-21-38-33(25)40-27-7-6-23(16-26(27)35)46-24-8-12-36-31(17-24)42-13-5-11-34(2,44)20-42/h4,6-8,12,16-19,21-22,39,44H,1,5,9-11,13-15,20H2,2-3H3,(H,37,38,40). The average Bonchev–Trinajstić information content (AvgIpc) is 3.05. The fourth-order valence-electron chi connectivity index (χ4n) is 6.03. The van der Waals surface area contributed by atoms with Crippen LogP contribution in [0, 0.1) is 5.82 Å². The van der Waals surface area contributed by atoms with Crippen LogP contribution >= 0.6 is 0 Å². The summed E-state index contributed by atoms with van der Waals surface area (Å²) in [4.78, 5) is 29.1. The zero-order chi connectivity index (χ0) is 32.3. The number of carbonyl (C=O) groups is 1. The van der Waals surface area contributed by atoms with Gasteiger partial charge in [-0.3, -0.25) is 4.79 Å². The number of nitrogens with one attached hydrogen (secondary N) is 2. The van der Waals surface area contributed by atoms with E-state index in [9.17, 15) is 9.90 Å². The largest absolute Gasteiger partial charge is 0.495 e. The first-order chi connectivity index (χ1) is 22.2. The van der Waals surface area contributed by atoms with E-state index in [2.05, 4.69) is 32.2 Å². The lowest BCUT2D eigenvalue weighted by Crippen LogP contribution is -2.46. The number of piperidine rings is 2. The third kappa shape index (κ3) is 6.96. The molecule has 6 rings (SSSR count). The van der Waals surface area contributed by atoms with E-state index in [1.807, 2.05) is 24.0 Å². The summed E-state index contributed by atoms with van der Waals surface area (Å²) in [6.07, 6.45) is 7.57. The van der Waals surface area contributed by atoms with Gasteiger partial charge in [0.25, 0.3) is 0 Å². The first-order valence-corrected chi connectivity index (χ1v) is 15.4. The Labute approximate surface area is 267 Å². The SMILES string of the molecule is C=CC(=O)N1CCC(Nc2cc3c(Nc4ccc(Oc5ccnc(N6CCCC(C)(O)C6)c5)cc4F)ncnc3cc2OC)CC1. The molecule has 2 aliphatic heterocycles. The number of aromatic nitrogens is 3. The zero-order valence-corrected chi connectivity index (χ0v) is 26.0. The molecule has 3 N–H and O–H groups in total. The van der Waals surface area contributed by atoms with Gasteiger partial charge in [-0.25, -0.2) is 19.3 Å². The van der Waals surface area contributed by atoms with Crippen LogP contribution in [0.1, 0.15) is 32.6 Å². The van der Waals surface area contributed by atoms with Gasteiger partial charge in [0.05, 0.1) is 29.6 Å². The van der Waals surface area contributed by atoms with Gasteiger partial charge < -0.3 is 35.0 Å². The number of fused-ring (bicyclic) bond motifs is 1. The third-order valence-corrected chi connectivity index (χ3v) is 8.44. The molecule has 2 fully saturated rings. The van der Waals surface area contributed by atoms with Crippen LogP contribution in [0.5, 0.6) is 17.2 Å². The van der Waals surface area contributed by atoms with Gasteiger partial charge in [-0.1, -0.05) is 6.58 Å². The van der Waals surface area contributed by atoms with Crippen molar-refractivity contribution in [3.05, 3.63) is 73.5 Å². The second-order valence-electron chi connectivity index (χ2n) is 12.0. The lowest BCUT2D eigenvalue weighted by Gasteiger charge is -2.37. The highest BCUT2D eigenvalue weighted by atomic mass is 19.1. The molecule has 4 aromatic rings. The molecule has 1 unspecified atom stereocenters. The number of nitrogens with zero attached hydrogens (tertiary/aromatic N) is 5. The monoisotopic (exact) mass is 627 g/mol. The van der Waals surface area contributed by atoms with Crippen molar-refractivity contribution in [2.24, 2.45) is 0 Å². The Hall–Kier alpha value is -4.97. The predicted molar refractivity (Wildman–Crippen MR) is 176 cm³/mol. The summed E-state index contributed by atoms with van der Waals surface area (Å²) in [5.74, 6) is 2.03. The normalized spacial score (nSPS) is 18.7. The van der Waals surface area contributed by atoms with Crippen LogP contribution in [0.4, 0.5) is 27.4 Å². The highest BCUT2D eigenvalue weighted by molar-refractivity contribution is 5.95. The lowest BCUT2D eigenvalue weighted by molar-refractivity contribution is -0.126. The predicted octanol–water partition coefficient (Wildman–Crippen LogP) is 5.65. The molecule has 0 bridgehead atoms. The quantitative estimate of drug-likeness (QED) is 0.201. The van der Waals surface area contributed by atoms with Crippen LogP contribution in [0.3, 0.4) is 0 Å². The number of methoxy groups -OCH3 is 1. The van der Waals surface area contributed by atoms with E-state index in [1.54, 1.807) is 42.5 Å². The van der Waals surface area contributed by atoms with Crippen LogP contribution in [0.15, 0.2) is 67.6 Å². The fraction of sp³-hybridized carbons (Fsp3) is 0.353. The molecule has 0 aliphatic carbocycles. The molecular formula is C34H38FN7O4. The minimum Gasteiger partial charge on any atom is -0.495 e.